The molecule has 3 amide bonds. The first-order valence-electron chi connectivity index (χ1n) is 11.7. The summed E-state index contributed by atoms with van der Waals surface area (Å²) in [7, 11) is 1.60. The van der Waals surface area contributed by atoms with Gasteiger partial charge in [-0.15, -0.1) is 0 Å². The van der Waals surface area contributed by atoms with Crippen LogP contribution >= 0.6 is 0 Å². The minimum absolute atomic E-state index is 0.0200. The van der Waals surface area contributed by atoms with Crippen molar-refractivity contribution >= 4 is 23.4 Å². The maximum Gasteiger partial charge on any atom is 0.257 e. The van der Waals surface area contributed by atoms with Crippen molar-refractivity contribution in [3.8, 4) is 11.5 Å². The molecule has 34 heavy (non-hydrogen) atoms. The lowest BCUT2D eigenvalue weighted by atomic mass is 9.92. The number of likely N-dealkylation sites (tertiary alicyclic amines) is 1. The Balaban J connectivity index is 1.76. The van der Waals surface area contributed by atoms with E-state index in [0.29, 0.717) is 24.5 Å². The van der Waals surface area contributed by atoms with Crippen LogP contribution < -0.4 is 20.1 Å². The molecule has 1 aliphatic heterocycles. The van der Waals surface area contributed by atoms with Crippen LogP contribution in [0.3, 0.4) is 0 Å². The summed E-state index contributed by atoms with van der Waals surface area (Å²) in [4.78, 5) is 39.7. The van der Waals surface area contributed by atoms with Gasteiger partial charge >= 0.3 is 0 Å². The molecule has 0 aromatic heterocycles. The van der Waals surface area contributed by atoms with E-state index in [9.17, 15) is 14.4 Å². The van der Waals surface area contributed by atoms with Crippen molar-refractivity contribution < 1.29 is 23.9 Å². The van der Waals surface area contributed by atoms with Gasteiger partial charge in [-0.25, -0.2) is 0 Å². The fourth-order valence-corrected chi connectivity index (χ4v) is 4.13. The number of amides is 3. The molecule has 8 heteroatoms. The molecule has 0 radical (unpaired) electrons. The van der Waals surface area contributed by atoms with Crippen molar-refractivity contribution in [2.75, 3.05) is 32.1 Å². The Kier molecular flexibility index (Phi) is 8.90. The topological polar surface area (TPSA) is 97.0 Å². The van der Waals surface area contributed by atoms with Crippen molar-refractivity contribution in [2.24, 2.45) is 5.92 Å². The van der Waals surface area contributed by atoms with Crippen LogP contribution in [0.1, 0.15) is 44.7 Å². The molecule has 1 heterocycles. The van der Waals surface area contributed by atoms with E-state index in [4.69, 9.17) is 9.47 Å². The van der Waals surface area contributed by atoms with E-state index in [-0.39, 0.29) is 36.8 Å². The number of benzene rings is 2. The second kappa shape index (κ2) is 12.1. The molecule has 3 rings (SSSR count). The maximum atomic E-state index is 13.3. The number of hydrogen-bond acceptors (Lipinski definition) is 5. The van der Waals surface area contributed by atoms with Crippen molar-refractivity contribution in [1.82, 2.24) is 10.2 Å². The van der Waals surface area contributed by atoms with Gasteiger partial charge in [0.15, 0.2) is 6.61 Å². The van der Waals surface area contributed by atoms with E-state index in [1.54, 1.807) is 31.4 Å². The highest BCUT2D eigenvalue weighted by atomic mass is 16.5. The van der Waals surface area contributed by atoms with Crippen LogP contribution in [0.25, 0.3) is 0 Å². The summed E-state index contributed by atoms with van der Waals surface area (Å²) in [6.07, 6.45) is 1.98. The Labute approximate surface area is 200 Å². The van der Waals surface area contributed by atoms with Gasteiger partial charge in [-0.2, -0.15) is 0 Å². The zero-order valence-electron chi connectivity index (χ0n) is 20.0. The number of rotatable bonds is 11. The van der Waals surface area contributed by atoms with Crippen LogP contribution in [0.5, 0.6) is 11.5 Å². The van der Waals surface area contributed by atoms with Gasteiger partial charge in [0.05, 0.1) is 19.1 Å². The molecule has 0 aliphatic carbocycles. The van der Waals surface area contributed by atoms with Crippen molar-refractivity contribution in [3.63, 3.8) is 0 Å². The molecular formula is C26H33N3O5. The minimum Gasteiger partial charge on any atom is -0.497 e. The number of carbonyl (C=O) groups excluding carboxylic acids is 3. The first-order chi connectivity index (χ1) is 16.5. The highest BCUT2D eigenvalue weighted by Gasteiger charge is 2.44. The van der Waals surface area contributed by atoms with E-state index in [1.165, 1.54) is 0 Å². The van der Waals surface area contributed by atoms with Gasteiger partial charge in [-0.1, -0.05) is 31.5 Å². The Morgan fingerprint density at radius 2 is 1.85 bits per heavy atom. The molecule has 1 saturated heterocycles. The van der Waals surface area contributed by atoms with E-state index in [1.807, 2.05) is 36.1 Å². The molecular weight excluding hydrogens is 434 g/mol. The third kappa shape index (κ3) is 6.27. The number of likely N-dealkylation sites (N-methyl/N-ethyl adjacent to an activating group) is 1. The SMILES string of the molecule is CCCCN1C(=O)CC(C(=O)Nc2cccc(OCC(=O)NCC)c2)C1c1ccc(OC)cc1. The summed E-state index contributed by atoms with van der Waals surface area (Å²) in [5.74, 6) is 0.206. The number of carbonyl (C=O) groups is 3. The molecule has 0 saturated carbocycles. The van der Waals surface area contributed by atoms with Crippen LogP contribution in [0, 0.1) is 5.92 Å². The zero-order chi connectivity index (χ0) is 24.5. The Morgan fingerprint density at radius 1 is 1.09 bits per heavy atom. The van der Waals surface area contributed by atoms with Crippen LogP contribution in [-0.2, 0) is 14.4 Å². The van der Waals surface area contributed by atoms with Gasteiger partial charge in [0, 0.05) is 31.3 Å². The van der Waals surface area contributed by atoms with E-state index in [0.717, 1.165) is 24.2 Å². The second-order valence-corrected chi connectivity index (χ2v) is 8.23. The molecule has 2 N–H and O–H groups in total. The fourth-order valence-electron chi connectivity index (χ4n) is 4.13. The molecule has 2 aromatic carbocycles. The molecule has 2 aromatic rings. The number of anilines is 1. The monoisotopic (exact) mass is 467 g/mol. The first-order valence-corrected chi connectivity index (χ1v) is 11.7. The minimum atomic E-state index is -0.530. The van der Waals surface area contributed by atoms with Crippen LogP contribution in [0.4, 0.5) is 5.69 Å². The quantitative estimate of drug-likeness (QED) is 0.527. The van der Waals surface area contributed by atoms with Gasteiger partial charge in [0.1, 0.15) is 11.5 Å². The lowest BCUT2D eigenvalue weighted by Crippen LogP contribution is -2.33. The van der Waals surface area contributed by atoms with Crippen molar-refractivity contribution in [2.45, 2.75) is 39.2 Å². The molecule has 8 nitrogen and oxygen atoms in total. The molecule has 0 spiro atoms. The van der Waals surface area contributed by atoms with E-state index < -0.39 is 5.92 Å². The van der Waals surface area contributed by atoms with Gasteiger partial charge in [-0.05, 0) is 43.2 Å². The highest BCUT2D eigenvalue weighted by molar-refractivity contribution is 5.98. The summed E-state index contributed by atoms with van der Waals surface area (Å²) in [5.41, 5.74) is 1.45. The van der Waals surface area contributed by atoms with Crippen molar-refractivity contribution in [3.05, 3.63) is 54.1 Å². The normalized spacial score (nSPS) is 17.4. The smallest absolute Gasteiger partial charge is 0.257 e. The lowest BCUT2D eigenvalue weighted by molar-refractivity contribution is -0.129. The second-order valence-electron chi connectivity index (χ2n) is 8.23. The molecule has 1 fully saturated rings. The molecule has 2 unspecified atom stereocenters. The predicted octanol–water partition coefficient (Wildman–Crippen LogP) is 3.54. The average molecular weight is 468 g/mol. The van der Waals surface area contributed by atoms with Crippen LogP contribution in [-0.4, -0.2) is 49.4 Å². The van der Waals surface area contributed by atoms with Gasteiger partial charge in [-0.3, -0.25) is 14.4 Å². The number of methoxy groups -OCH3 is 1. The number of hydrogen-bond donors (Lipinski definition) is 2. The fraction of sp³-hybridized carbons (Fsp3) is 0.423. The summed E-state index contributed by atoms with van der Waals surface area (Å²) >= 11 is 0. The third-order valence-electron chi connectivity index (χ3n) is 5.82. The largest absolute Gasteiger partial charge is 0.497 e. The summed E-state index contributed by atoms with van der Waals surface area (Å²) in [6.45, 7) is 4.95. The average Bonchev–Trinajstić information content (AvgIpc) is 3.18. The Bertz CT molecular complexity index is 992. The Morgan fingerprint density at radius 3 is 2.53 bits per heavy atom. The molecule has 0 bridgehead atoms. The molecule has 182 valence electrons. The number of unbranched alkanes of at least 4 members (excludes halogenated alkanes) is 1. The van der Waals surface area contributed by atoms with E-state index >= 15 is 0 Å². The van der Waals surface area contributed by atoms with Gasteiger partial charge in [0.25, 0.3) is 5.91 Å². The Hall–Kier alpha value is -3.55. The zero-order valence-corrected chi connectivity index (χ0v) is 20.0. The van der Waals surface area contributed by atoms with Crippen molar-refractivity contribution in [1.29, 1.82) is 0 Å². The summed E-state index contributed by atoms with van der Waals surface area (Å²) in [6, 6.07) is 14.1. The van der Waals surface area contributed by atoms with Gasteiger partial charge in [0.2, 0.25) is 11.8 Å². The highest BCUT2D eigenvalue weighted by Crippen LogP contribution is 2.39. The summed E-state index contributed by atoms with van der Waals surface area (Å²) in [5, 5.41) is 5.61. The summed E-state index contributed by atoms with van der Waals surface area (Å²) < 4.78 is 10.8. The van der Waals surface area contributed by atoms with E-state index in [2.05, 4.69) is 17.6 Å². The molecule has 1 aliphatic rings. The third-order valence-corrected chi connectivity index (χ3v) is 5.82. The van der Waals surface area contributed by atoms with Crippen LogP contribution in [0.2, 0.25) is 0 Å². The van der Waals surface area contributed by atoms with Crippen LogP contribution in [0.15, 0.2) is 48.5 Å². The standard InChI is InChI=1S/C26H33N3O5/c1-4-6-14-29-24(31)16-22(25(29)18-10-12-20(33-3)13-11-18)26(32)28-19-8-7-9-21(15-19)34-17-23(30)27-5-2/h7-13,15,22,25H,4-6,14,16-17H2,1-3H3,(H,27,30)(H,28,32). The number of nitrogens with one attached hydrogen (secondary N) is 2. The number of nitrogens with zero attached hydrogens (tertiary/aromatic N) is 1. The van der Waals surface area contributed by atoms with Gasteiger partial charge < -0.3 is 25.0 Å². The predicted molar refractivity (Wildman–Crippen MR) is 130 cm³/mol. The number of ether oxygens (including phenoxy) is 2. The lowest BCUT2D eigenvalue weighted by Gasteiger charge is -2.28. The molecule has 2 atom stereocenters. The maximum absolute atomic E-state index is 13.3. The first kappa shape index (κ1) is 25.1.